The topological polar surface area (TPSA) is 68.0 Å². The van der Waals surface area contributed by atoms with Gasteiger partial charge in [0.05, 0.1) is 11.4 Å². The Bertz CT molecular complexity index is 983. The second-order valence-electron chi connectivity index (χ2n) is 6.64. The molecule has 1 amide bonds. The average Bonchev–Trinajstić information content (AvgIpc) is 2.93. The fraction of sp³-hybridized carbons (Fsp3) is 0.300. The zero-order valence-corrected chi connectivity index (χ0v) is 16.8. The Labute approximate surface area is 164 Å². The third kappa shape index (κ3) is 3.35. The first-order valence-corrected chi connectivity index (χ1v) is 10.5. The van der Waals surface area contributed by atoms with Crippen LogP contribution in [0.1, 0.15) is 46.6 Å². The van der Waals surface area contributed by atoms with Gasteiger partial charge in [-0.1, -0.05) is 25.0 Å². The number of pyridine rings is 1. The molecule has 2 aromatic heterocycles. The number of carbonyl (C=O) groups excluding carboxylic acids is 1. The maximum absolute atomic E-state index is 12.8. The fourth-order valence-electron chi connectivity index (χ4n) is 3.42. The molecule has 4 rings (SSSR count). The third-order valence-electron chi connectivity index (χ3n) is 4.83. The van der Waals surface area contributed by atoms with E-state index in [0.717, 1.165) is 33.2 Å². The van der Waals surface area contributed by atoms with Crippen molar-refractivity contribution in [3.05, 3.63) is 50.9 Å². The number of para-hydroxylation sites is 1. The van der Waals surface area contributed by atoms with Crippen LogP contribution in [0.25, 0.3) is 10.2 Å². The maximum atomic E-state index is 12.8. The van der Waals surface area contributed by atoms with Crippen LogP contribution >= 0.6 is 27.3 Å². The minimum Gasteiger partial charge on any atom is -0.397 e. The molecule has 3 aromatic rings. The highest BCUT2D eigenvalue weighted by Crippen LogP contribution is 2.36. The summed E-state index contributed by atoms with van der Waals surface area (Å²) >= 11 is 4.83. The van der Waals surface area contributed by atoms with Crippen molar-refractivity contribution in [2.24, 2.45) is 0 Å². The summed E-state index contributed by atoms with van der Waals surface area (Å²) in [4.78, 5) is 19.0. The standard InChI is InChI=1S/C20H20BrN3OS/c21-14-8-5-6-10-16(14)23-19(25)18-17(22)13-11-12-7-3-1-2-4-9-15(12)24-20(13)26-18/h5-6,8,10-11H,1-4,7,9,22H2,(H,23,25). The molecule has 1 aromatic carbocycles. The predicted octanol–water partition coefficient (Wildman–Crippen LogP) is 5.55. The first-order valence-electron chi connectivity index (χ1n) is 8.90. The minimum atomic E-state index is -0.190. The molecule has 1 aliphatic rings. The number of hydrogen-bond acceptors (Lipinski definition) is 4. The molecule has 134 valence electrons. The molecule has 1 aliphatic carbocycles. The highest BCUT2D eigenvalue weighted by Gasteiger charge is 2.20. The van der Waals surface area contributed by atoms with Crippen LogP contribution in [0.3, 0.4) is 0 Å². The van der Waals surface area contributed by atoms with E-state index in [1.807, 2.05) is 24.3 Å². The monoisotopic (exact) mass is 429 g/mol. The van der Waals surface area contributed by atoms with Crippen molar-refractivity contribution in [3.8, 4) is 0 Å². The fourth-order valence-corrected chi connectivity index (χ4v) is 4.80. The number of halogens is 1. The van der Waals surface area contributed by atoms with E-state index in [2.05, 4.69) is 27.3 Å². The number of nitrogens with zero attached hydrogens (tertiary/aromatic N) is 1. The van der Waals surface area contributed by atoms with Crippen LogP contribution in [0.4, 0.5) is 11.4 Å². The van der Waals surface area contributed by atoms with E-state index in [1.54, 1.807) is 0 Å². The zero-order valence-electron chi connectivity index (χ0n) is 14.3. The summed E-state index contributed by atoms with van der Waals surface area (Å²) in [5.74, 6) is -0.190. The summed E-state index contributed by atoms with van der Waals surface area (Å²) in [5, 5.41) is 3.84. The van der Waals surface area contributed by atoms with Gasteiger partial charge in [-0.2, -0.15) is 0 Å². The first-order chi connectivity index (χ1) is 12.6. The maximum Gasteiger partial charge on any atom is 0.267 e. The lowest BCUT2D eigenvalue weighted by Gasteiger charge is -2.12. The zero-order chi connectivity index (χ0) is 18.1. The number of nitrogens with one attached hydrogen (secondary N) is 1. The Hall–Kier alpha value is -1.92. The van der Waals surface area contributed by atoms with Gasteiger partial charge in [-0.25, -0.2) is 4.98 Å². The van der Waals surface area contributed by atoms with Crippen LogP contribution in [-0.4, -0.2) is 10.9 Å². The van der Waals surface area contributed by atoms with Gasteiger partial charge in [0.1, 0.15) is 9.71 Å². The molecule has 0 fully saturated rings. The minimum absolute atomic E-state index is 0.190. The molecule has 0 unspecified atom stereocenters. The second kappa shape index (κ2) is 7.37. The van der Waals surface area contributed by atoms with Gasteiger partial charge in [0, 0.05) is 15.6 Å². The highest BCUT2D eigenvalue weighted by molar-refractivity contribution is 9.10. The molecule has 0 radical (unpaired) electrons. The number of aromatic nitrogens is 1. The molecule has 0 spiro atoms. The van der Waals surface area contributed by atoms with Crippen LogP contribution in [0.15, 0.2) is 34.8 Å². The van der Waals surface area contributed by atoms with Crippen molar-refractivity contribution in [2.45, 2.75) is 38.5 Å². The van der Waals surface area contributed by atoms with E-state index in [1.165, 1.54) is 48.3 Å². The molecule has 0 bridgehead atoms. The number of hydrogen-bond donors (Lipinski definition) is 2. The Balaban J connectivity index is 1.70. The molecule has 0 aliphatic heterocycles. The van der Waals surface area contributed by atoms with Gasteiger partial charge in [0.25, 0.3) is 5.91 Å². The molecular weight excluding hydrogens is 410 g/mol. The number of fused-ring (bicyclic) bond motifs is 2. The van der Waals surface area contributed by atoms with E-state index in [9.17, 15) is 4.79 Å². The average molecular weight is 430 g/mol. The van der Waals surface area contributed by atoms with E-state index in [-0.39, 0.29) is 5.91 Å². The quantitative estimate of drug-likeness (QED) is 0.560. The summed E-state index contributed by atoms with van der Waals surface area (Å²) in [5.41, 5.74) is 10.1. The van der Waals surface area contributed by atoms with Crippen molar-refractivity contribution in [3.63, 3.8) is 0 Å². The number of nitrogen functional groups attached to an aromatic ring is 1. The Kier molecular flexibility index (Phi) is 4.96. The van der Waals surface area contributed by atoms with Gasteiger partial charge in [0.2, 0.25) is 0 Å². The van der Waals surface area contributed by atoms with Crippen molar-refractivity contribution >= 4 is 54.8 Å². The van der Waals surface area contributed by atoms with Gasteiger partial charge in [-0.05, 0) is 65.4 Å². The van der Waals surface area contributed by atoms with Gasteiger partial charge >= 0.3 is 0 Å². The highest BCUT2D eigenvalue weighted by atomic mass is 79.9. The Morgan fingerprint density at radius 2 is 1.92 bits per heavy atom. The molecule has 0 saturated heterocycles. The lowest BCUT2D eigenvalue weighted by Crippen LogP contribution is -2.12. The summed E-state index contributed by atoms with van der Waals surface area (Å²) in [6.07, 6.45) is 6.98. The summed E-state index contributed by atoms with van der Waals surface area (Å²) in [6.45, 7) is 0. The summed E-state index contributed by atoms with van der Waals surface area (Å²) < 4.78 is 0.842. The molecule has 4 nitrogen and oxygen atoms in total. The molecular formula is C20H20BrN3OS. The van der Waals surface area contributed by atoms with Gasteiger partial charge in [0.15, 0.2) is 0 Å². The van der Waals surface area contributed by atoms with E-state index < -0.39 is 0 Å². The summed E-state index contributed by atoms with van der Waals surface area (Å²) in [7, 11) is 0. The van der Waals surface area contributed by atoms with Crippen LogP contribution in [-0.2, 0) is 12.8 Å². The van der Waals surface area contributed by atoms with E-state index in [4.69, 9.17) is 10.7 Å². The first kappa shape index (κ1) is 17.5. The van der Waals surface area contributed by atoms with Gasteiger partial charge in [-0.15, -0.1) is 11.3 Å². The number of benzene rings is 1. The Morgan fingerprint density at radius 1 is 1.15 bits per heavy atom. The molecule has 0 atom stereocenters. The number of thiophene rings is 1. The molecule has 26 heavy (non-hydrogen) atoms. The van der Waals surface area contributed by atoms with Crippen molar-refractivity contribution in [1.29, 1.82) is 0 Å². The van der Waals surface area contributed by atoms with E-state index >= 15 is 0 Å². The van der Waals surface area contributed by atoms with E-state index in [0.29, 0.717) is 10.6 Å². The largest absolute Gasteiger partial charge is 0.397 e. The smallest absolute Gasteiger partial charge is 0.267 e. The molecule has 3 N–H and O–H groups in total. The van der Waals surface area contributed by atoms with Crippen molar-refractivity contribution in [1.82, 2.24) is 4.98 Å². The van der Waals surface area contributed by atoms with Crippen molar-refractivity contribution < 1.29 is 4.79 Å². The second-order valence-corrected chi connectivity index (χ2v) is 8.49. The SMILES string of the molecule is Nc1c(C(=O)Nc2ccccc2Br)sc2nc3c(cc12)CCCCCC3. The lowest BCUT2D eigenvalue weighted by molar-refractivity contribution is 0.103. The van der Waals surface area contributed by atoms with Crippen LogP contribution in [0, 0.1) is 0 Å². The molecule has 0 saturated carbocycles. The predicted molar refractivity (Wildman–Crippen MR) is 112 cm³/mol. The third-order valence-corrected chi connectivity index (χ3v) is 6.63. The molecule has 2 heterocycles. The number of anilines is 2. The number of amides is 1. The molecule has 6 heteroatoms. The summed E-state index contributed by atoms with van der Waals surface area (Å²) in [6, 6.07) is 9.70. The van der Waals surface area contributed by atoms with Gasteiger partial charge in [-0.3, -0.25) is 4.79 Å². The number of nitrogens with two attached hydrogens (primary N) is 1. The Morgan fingerprint density at radius 3 is 2.73 bits per heavy atom. The normalized spacial score (nSPS) is 14.5. The lowest BCUT2D eigenvalue weighted by atomic mass is 9.96. The van der Waals surface area contributed by atoms with Crippen LogP contribution in [0.2, 0.25) is 0 Å². The number of aryl methyl sites for hydroxylation is 2. The van der Waals surface area contributed by atoms with Crippen LogP contribution in [0.5, 0.6) is 0 Å². The number of rotatable bonds is 2. The van der Waals surface area contributed by atoms with Crippen molar-refractivity contribution in [2.75, 3.05) is 11.1 Å². The van der Waals surface area contributed by atoms with Crippen LogP contribution < -0.4 is 11.1 Å². The van der Waals surface area contributed by atoms with Gasteiger partial charge < -0.3 is 11.1 Å². The number of carbonyl (C=O) groups is 1.